The predicted molar refractivity (Wildman–Crippen MR) is 68.0 cm³/mol. The third kappa shape index (κ3) is 2.11. The van der Waals surface area contributed by atoms with Crippen molar-refractivity contribution in [3.05, 3.63) is 0 Å². The lowest BCUT2D eigenvalue weighted by Gasteiger charge is -2.43. The van der Waals surface area contributed by atoms with E-state index in [1.165, 1.54) is 0 Å². The fraction of sp³-hybridized carbons (Fsp3) is 1.00. The Morgan fingerprint density at radius 1 is 0.909 bits per heavy atom. The zero-order valence-electron chi connectivity index (χ0n) is 11.6. The Balaban J connectivity index is 1.87. The van der Waals surface area contributed by atoms with Crippen LogP contribution in [0.3, 0.4) is 0 Å². The van der Waals surface area contributed by atoms with Crippen LogP contribution in [-0.4, -0.2) is 35.4 Å². The van der Waals surface area contributed by atoms with Crippen LogP contribution in [0, 0.1) is 29.6 Å². The number of fused-ring (bicyclic) bond motifs is 5. The molecule has 3 aliphatic carbocycles. The minimum absolute atomic E-state index is 0.0557. The van der Waals surface area contributed by atoms with E-state index in [0.29, 0.717) is 25.7 Å². The molecule has 22 heavy (non-hydrogen) atoms. The van der Waals surface area contributed by atoms with Gasteiger partial charge in [0.05, 0.1) is 6.10 Å². The Kier molecular flexibility index (Phi) is 3.59. The first-order valence-electron chi connectivity index (χ1n) is 7.37. The fourth-order valence-corrected chi connectivity index (χ4v) is 5.51. The normalized spacial score (nSPS) is 42.5. The van der Waals surface area contributed by atoms with Gasteiger partial charge >= 0.3 is 21.3 Å². The van der Waals surface area contributed by atoms with E-state index in [9.17, 15) is 31.1 Å². The number of hydrogen-bond acceptors (Lipinski definition) is 3. The van der Waals surface area contributed by atoms with Gasteiger partial charge in [0.25, 0.3) is 0 Å². The van der Waals surface area contributed by atoms with Crippen LogP contribution in [0.25, 0.3) is 0 Å². The summed E-state index contributed by atoms with van der Waals surface area (Å²) in [5.74, 6) is -7.51. The first-order valence-corrected chi connectivity index (χ1v) is 8.81. The second kappa shape index (κ2) is 4.80. The number of alkyl halides is 4. The highest BCUT2D eigenvalue weighted by atomic mass is 32.2. The van der Waals surface area contributed by atoms with Crippen molar-refractivity contribution in [2.75, 3.05) is 0 Å². The number of hydrogen-bond donors (Lipinski definition) is 2. The molecular formula is C13H18F4O4S. The van der Waals surface area contributed by atoms with Gasteiger partial charge in [0, 0.05) is 5.92 Å². The van der Waals surface area contributed by atoms with Gasteiger partial charge in [-0.05, 0) is 55.8 Å². The van der Waals surface area contributed by atoms with Gasteiger partial charge in [-0.15, -0.1) is 0 Å². The summed E-state index contributed by atoms with van der Waals surface area (Å²) in [4.78, 5) is 0. The van der Waals surface area contributed by atoms with Crippen LogP contribution in [0.15, 0.2) is 0 Å². The first kappa shape index (κ1) is 16.4. The lowest BCUT2D eigenvalue weighted by molar-refractivity contribution is -0.210. The second-order valence-electron chi connectivity index (χ2n) is 6.91. The summed E-state index contributed by atoms with van der Waals surface area (Å²) in [5.41, 5.74) is 0. The zero-order chi connectivity index (χ0) is 16.5. The van der Waals surface area contributed by atoms with E-state index < -0.39 is 39.2 Å². The molecule has 2 N–H and O–H groups in total. The maximum atomic E-state index is 14.2. The molecule has 2 bridgehead atoms. The number of aliphatic hydroxyl groups is 1. The summed E-state index contributed by atoms with van der Waals surface area (Å²) in [5, 5.41) is 4.19. The van der Waals surface area contributed by atoms with Gasteiger partial charge < -0.3 is 5.11 Å². The smallest absolute Gasteiger partial charge is 0.393 e. The molecule has 3 aliphatic rings. The van der Waals surface area contributed by atoms with Crippen molar-refractivity contribution in [2.45, 2.75) is 49.4 Å². The average Bonchev–Trinajstić information content (AvgIpc) is 2.95. The molecule has 6 unspecified atom stereocenters. The van der Waals surface area contributed by atoms with Crippen LogP contribution in [0.2, 0.25) is 0 Å². The van der Waals surface area contributed by atoms with Crippen LogP contribution in [-0.2, 0) is 10.1 Å². The summed E-state index contributed by atoms with van der Waals surface area (Å²) in [7, 11) is -6.18. The maximum Gasteiger partial charge on any atom is 0.431 e. The molecule has 0 heterocycles. The molecule has 0 aromatic rings. The summed E-state index contributed by atoms with van der Waals surface area (Å²) in [6.45, 7) is 0. The van der Waals surface area contributed by atoms with Crippen LogP contribution in [0.5, 0.6) is 0 Å². The number of halogens is 4. The minimum atomic E-state index is -6.18. The van der Waals surface area contributed by atoms with Crippen molar-refractivity contribution in [1.29, 1.82) is 0 Å². The molecule has 6 atom stereocenters. The molecule has 3 saturated carbocycles. The molecular weight excluding hydrogens is 328 g/mol. The standard InChI is InChI=1S/C13H18F4O4S/c14-12(15,13(16,17)22(19,20)21)11-4-6-3-10(11)8-2-1-7(18)5-9(6)8/h6-11,18H,1-5H2,(H,19,20,21). The van der Waals surface area contributed by atoms with E-state index in [0.717, 1.165) is 0 Å². The van der Waals surface area contributed by atoms with E-state index in [4.69, 9.17) is 4.55 Å². The van der Waals surface area contributed by atoms with Crippen molar-refractivity contribution in [2.24, 2.45) is 29.6 Å². The topological polar surface area (TPSA) is 74.6 Å². The van der Waals surface area contributed by atoms with E-state index in [1.54, 1.807) is 0 Å². The lowest BCUT2D eigenvalue weighted by atomic mass is 9.65. The maximum absolute atomic E-state index is 14.2. The van der Waals surface area contributed by atoms with Gasteiger partial charge in [-0.25, -0.2) is 0 Å². The number of aliphatic hydroxyl groups excluding tert-OH is 1. The van der Waals surface area contributed by atoms with E-state index in [2.05, 4.69) is 0 Å². The van der Waals surface area contributed by atoms with Crippen molar-refractivity contribution < 1.29 is 35.6 Å². The van der Waals surface area contributed by atoms with Crippen molar-refractivity contribution in [3.8, 4) is 0 Å². The Bertz CT molecular complexity index is 564. The quantitative estimate of drug-likeness (QED) is 0.608. The molecule has 3 rings (SSSR count). The molecule has 3 fully saturated rings. The molecule has 4 nitrogen and oxygen atoms in total. The molecule has 0 radical (unpaired) electrons. The molecule has 9 heteroatoms. The Morgan fingerprint density at radius 2 is 1.55 bits per heavy atom. The largest absolute Gasteiger partial charge is 0.431 e. The molecule has 0 aromatic carbocycles. The lowest BCUT2D eigenvalue weighted by Crippen LogP contribution is -2.54. The van der Waals surface area contributed by atoms with Crippen LogP contribution in [0.1, 0.15) is 32.1 Å². The van der Waals surface area contributed by atoms with Crippen LogP contribution in [0.4, 0.5) is 17.6 Å². The highest BCUT2D eigenvalue weighted by Crippen LogP contribution is 2.64. The van der Waals surface area contributed by atoms with E-state index >= 15 is 0 Å². The predicted octanol–water partition coefficient (Wildman–Crippen LogP) is 2.54. The summed E-state index contributed by atoms with van der Waals surface area (Å²) < 4.78 is 85.2. The highest BCUT2D eigenvalue weighted by molar-refractivity contribution is 7.87. The van der Waals surface area contributed by atoms with E-state index in [1.807, 2.05) is 0 Å². The Hall–Kier alpha value is -0.410. The monoisotopic (exact) mass is 346 g/mol. The number of rotatable bonds is 3. The third-order valence-electron chi connectivity index (χ3n) is 5.91. The third-order valence-corrected chi connectivity index (χ3v) is 6.83. The Morgan fingerprint density at radius 3 is 2.14 bits per heavy atom. The van der Waals surface area contributed by atoms with Gasteiger partial charge in [0.1, 0.15) is 0 Å². The fourth-order valence-electron chi connectivity index (χ4n) is 5.02. The van der Waals surface area contributed by atoms with Gasteiger partial charge in [0.15, 0.2) is 0 Å². The second-order valence-corrected chi connectivity index (χ2v) is 8.37. The summed E-state index contributed by atoms with van der Waals surface area (Å²) >= 11 is 0. The highest BCUT2D eigenvalue weighted by Gasteiger charge is 2.73. The van der Waals surface area contributed by atoms with Crippen molar-refractivity contribution >= 4 is 10.1 Å². The van der Waals surface area contributed by atoms with Crippen molar-refractivity contribution in [3.63, 3.8) is 0 Å². The molecule has 0 spiro atoms. The average molecular weight is 346 g/mol. The first-order chi connectivity index (χ1) is 9.97. The van der Waals surface area contributed by atoms with Gasteiger partial charge in [0.2, 0.25) is 0 Å². The molecule has 128 valence electrons. The minimum Gasteiger partial charge on any atom is -0.393 e. The van der Waals surface area contributed by atoms with Gasteiger partial charge in [-0.3, -0.25) is 4.55 Å². The zero-order valence-corrected chi connectivity index (χ0v) is 12.4. The summed E-state index contributed by atoms with van der Waals surface area (Å²) in [6, 6.07) is 0. The molecule has 0 saturated heterocycles. The van der Waals surface area contributed by atoms with Gasteiger partial charge in [-0.1, -0.05) is 0 Å². The van der Waals surface area contributed by atoms with Crippen molar-refractivity contribution in [1.82, 2.24) is 0 Å². The molecule has 0 aromatic heterocycles. The molecule has 0 amide bonds. The van der Waals surface area contributed by atoms with E-state index in [-0.39, 0.29) is 24.2 Å². The Labute approximate surface area is 125 Å². The van der Waals surface area contributed by atoms with Crippen LogP contribution < -0.4 is 0 Å². The van der Waals surface area contributed by atoms with Crippen LogP contribution >= 0.6 is 0 Å². The van der Waals surface area contributed by atoms with Gasteiger partial charge in [-0.2, -0.15) is 26.0 Å². The SMILES string of the molecule is O=S(=O)(O)C(F)(F)C(F)(F)C1CC2CC1C1CCC(O)CC21. The molecule has 0 aliphatic heterocycles. The summed E-state index contributed by atoms with van der Waals surface area (Å²) in [6.07, 6.45) is 1.16.